The molecule has 6 nitrogen and oxygen atoms in total. The van der Waals surface area contributed by atoms with Gasteiger partial charge in [0.2, 0.25) is 5.91 Å². The molecule has 0 spiro atoms. The maximum absolute atomic E-state index is 15.4. The van der Waals surface area contributed by atoms with Crippen LogP contribution in [0.25, 0.3) is 22.0 Å². The number of hydrogen-bond donors (Lipinski definition) is 0. The molecule has 0 aromatic heterocycles. The molecule has 3 aromatic carbocycles. The van der Waals surface area contributed by atoms with Crippen LogP contribution in [-0.2, 0) is 20.9 Å². The van der Waals surface area contributed by atoms with Gasteiger partial charge in [-0.3, -0.25) is 4.79 Å². The van der Waals surface area contributed by atoms with Gasteiger partial charge in [-0.25, -0.2) is 14.0 Å². The normalized spacial score (nSPS) is 13.6. The van der Waals surface area contributed by atoms with Crippen molar-refractivity contribution >= 4 is 35.0 Å². The lowest BCUT2D eigenvalue weighted by atomic mass is 9.88. The van der Waals surface area contributed by atoms with Crippen LogP contribution >= 0.6 is 0 Å². The van der Waals surface area contributed by atoms with Crippen LogP contribution in [0.2, 0.25) is 0 Å². The van der Waals surface area contributed by atoms with E-state index in [-0.39, 0.29) is 30.2 Å². The Balaban J connectivity index is 1.68. The number of anilines is 2. The molecule has 0 saturated heterocycles. The summed E-state index contributed by atoms with van der Waals surface area (Å²) in [6.07, 6.45) is 7.18. The number of rotatable bonds is 9. The van der Waals surface area contributed by atoms with Gasteiger partial charge in [0.15, 0.2) is 5.69 Å². The minimum Gasteiger partial charge on any atom is -0.460 e. The van der Waals surface area contributed by atoms with Gasteiger partial charge in [0.1, 0.15) is 5.82 Å². The average Bonchev–Trinajstić information content (AvgIpc) is 2.99. The van der Waals surface area contributed by atoms with E-state index in [1.165, 1.54) is 17.0 Å². The Hall–Kier alpha value is -4.44. The summed E-state index contributed by atoms with van der Waals surface area (Å²) in [5.74, 6) is -1.33. The molecule has 0 atom stereocenters. The van der Waals surface area contributed by atoms with Crippen molar-refractivity contribution in [2.24, 2.45) is 5.92 Å². The summed E-state index contributed by atoms with van der Waals surface area (Å²) in [5.41, 5.74) is 4.72. The molecule has 0 heterocycles. The van der Waals surface area contributed by atoms with Crippen LogP contribution in [0.4, 0.5) is 21.5 Å². The summed E-state index contributed by atoms with van der Waals surface area (Å²) < 4.78 is 20.5. The van der Waals surface area contributed by atoms with E-state index in [9.17, 15) is 9.59 Å². The van der Waals surface area contributed by atoms with Gasteiger partial charge in [-0.15, -0.1) is 0 Å². The van der Waals surface area contributed by atoms with Crippen LogP contribution < -0.4 is 9.80 Å². The van der Waals surface area contributed by atoms with E-state index in [4.69, 9.17) is 11.3 Å². The lowest BCUT2D eigenvalue weighted by Gasteiger charge is -2.30. The quantitative estimate of drug-likeness (QED) is 0.149. The number of carbonyl (C=O) groups is 2. The zero-order chi connectivity index (χ0) is 30.2. The molecule has 0 unspecified atom stereocenters. The molecule has 7 heteroatoms. The highest BCUT2D eigenvalue weighted by atomic mass is 19.1. The fourth-order valence-electron chi connectivity index (χ4n) is 5.26. The molecule has 0 aliphatic heterocycles. The minimum atomic E-state index is -0.524. The lowest BCUT2D eigenvalue weighted by molar-refractivity contribution is -0.141. The maximum atomic E-state index is 15.4. The molecular formula is C35H38FN3O3. The first-order chi connectivity index (χ1) is 20.2. The summed E-state index contributed by atoms with van der Waals surface area (Å²) in [5, 5.41) is 0. The summed E-state index contributed by atoms with van der Waals surface area (Å²) >= 11 is 0. The van der Waals surface area contributed by atoms with Gasteiger partial charge in [0.25, 0.3) is 0 Å². The Kier molecular flexibility index (Phi) is 10.1. The number of ether oxygens (including phenoxy) is 1. The Morgan fingerprint density at radius 1 is 1.02 bits per heavy atom. The molecule has 1 amide bonds. The van der Waals surface area contributed by atoms with E-state index in [2.05, 4.69) is 4.85 Å². The summed E-state index contributed by atoms with van der Waals surface area (Å²) in [6, 6.07) is 18.0. The highest BCUT2D eigenvalue weighted by Gasteiger charge is 2.29. The van der Waals surface area contributed by atoms with E-state index in [0.29, 0.717) is 11.3 Å². The fraction of sp³-hybridized carbons (Fsp3) is 0.343. The predicted molar refractivity (Wildman–Crippen MR) is 167 cm³/mol. The molecule has 3 aromatic rings. The standard InChI is InChI=1S/C35H38FN3O3/c1-24(2)42-34(40)20-13-25-12-19-31(36)33(22-25)39(35(41)28-9-7-6-8-10-28)23-26-11-18-30(32(21-26)37-3)27-14-16-29(17-15-27)38(4)5/h11-22,24,28H,6-10,23H2,1-2,4-5H3/b20-13+. The molecule has 1 aliphatic rings. The molecule has 4 rings (SSSR count). The first-order valence-electron chi connectivity index (χ1n) is 14.4. The zero-order valence-corrected chi connectivity index (χ0v) is 24.8. The predicted octanol–water partition coefficient (Wildman–Crippen LogP) is 8.19. The van der Waals surface area contributed by atoms with E-state index in [1.807, 2.05) is 55.4 Å². The van der Waals surface area contributed by atoms with E-state index in [1.54, 1.807) is 38.1 Å². The second kappa shape index (κ2) is 14.0. The van der Waals surface area contributed by atoms with Gasteiger partial charge in [-0.2, -0.15) is 0 Å². The van der Waals surface area contributed by atoms with Crippen LogP contribution in [0.1, 0.15) is 57.1 Å². The molecule has 1 saturated carbocycles. The van der Waals surface area contributed by atoms with Gasteiger partial charge >= 0.3 is 5.97 Å². The third kappa shape index (κ3) is 7.64. The lowest BCUT2D eigenvalue weighted by Crippen LogP contribution is -2.37. The number of carbonyl (C=O) groups excluding carboxylic acids is 2. The molecule has 218 valence electrons. The zero-order valence-electron chi connectivity index (χ0n) is 24.8. The van der Waals surface area contributed by atoms with Crippen molar-refractivity contribution in [1.29, 1.82) is 0 Å². The summed E-state index contributed by atoms with van der Waals surface area (Å²) in [6.45, 7) is 11.5. The van der Waals surface area contributed by atoms with Gasteiger partial charge in [-0.1, -0.05) is 55.7 Å². The molecule has 0 radical (unpaired) electrons. The summed E-state index contributed by atoms with van der Waals surface area (Å²) in [7, 11) is 3.95. The van der Waals surface area contributed by atoms with E-state index >= 15 is 4.39 Å². The first kappa shape index (κ1) is 30.5. The van der Waals surface area contributed by atoms with Crippen molar-refractivity contribution in [1.82, 2.24) is 0 Å². The maximum Gasteiger partial charge on any atom is 0.331 e. The molecule has 42 heavy (non-hydrogen) atoms. The molecule has 0 N–H and O–H groups in total. The van der Waals surface area contributed by atoms with Crippen LogP contribution in [-0.4, -0.2) is 32.1 Å². The van der Waals surface area contributed by atoms with Gasteiger partial charge in [0, 0.05) is 38.3 Å². The third-order valence-corrected chi connectivity index (χ3v) is 7.46. The number of hydrogen-bond acceptors (Lipinski definition) is 4. The van der Waals surface area contributed by atoms with Crippen LogP contribution in [0.5, 0.6) is 0 Å². The van der Waals surface area contributed by atoms with E-state index < -0.39 is 11.8 Å². The van der Waals surface area contributed by atoms with Crippen molar-refractivity contribution in [3.63, 3.8) is 0 Å². The highest BCUT2D eigenvalue weighted by Crippen LogP contribution is 2.35. The average molecular weight is 568 g/mol. The highest BCUT2D eigenvalue weighted by molar-refractivity contribution is 5.96. The first-order valence-corrected chi connectivity index (χ1v) is 14.4. The van der Waals surface area contributed by atoms with Crippen LogP contribution in [0.15, 0.2) is 66.7 Å². The number of benzene rings is 3. The van der Waals surface area contributed by atoms with Crippen LogP contribution in [0.3, 0.4) is 0 Å². The number of nitrogens with zero attached hydrogens (tertiary/aromatic N) is 3. The van der Waals surface area contributed by atoms with Crippen molar-refractivity contribution in [3.8, 4) is 11.1 Å². The Labute approximate surface area is 248 Å². The van der Waals surface area contributed by atoms with Crippen molar-refractivity contribution in [2.45, 2.75) is 58.6 Å². The Morgan fingerprint density at radius 2 is 1.74 bits per heavy atom. The minimum absolute atomic E-state index is 0.122. The molecule has 1 fully saturated rings. The topological polar surface area (TPSA) is 54.2 Å². The number of amides is 1. The second-order valence-corrected chi connectivity index (χ2v) is 11.2. The van der Waals surface area contributed by atoms with Crippen molar-refractivity contribution in [2.75, 3.05) is 23.9 Å². The largest absolute Gasteiger partial charge is 0.460 e. The van der Waals surface area contributed by atoms with Crippen molar-refractivity contribution in [3.05, 3.63) is 95.1 Å². The number of esters is 1. The monoisotopic (exact) mass is 567 g/mol. The van der Waals surface area contributed by atoms with Gasteiger partial charge < -0.3 is 14.5 Å². The van der Waals surface area contributed by atoms with E-state index in [0.717, 1.165) is 54.5 Å². The second-order valence-electron chi connectivity index (χ2n) is 11.2. The SMILES string of the molecule is [C-]#[N+]c1cc(CN(C(=O)C2CCCCC2)c2cc(/C=C/C(=O)OC(C)C)ccc2F)ccc1-c1ccc(N(C)C)cc1. The molecule has 1 aliphatic carbocycles. The van der Waals surface area contributed by atoms with Crippen LogP contribution in [0, 0.1) is 18.3 Å². The summed E-state index contributed by atoms with van der Waals surface area (Å²) in [4.78, 5) is 33.2. The molecule has 0 bridgehead atoms. The third-order valence-electron chi connectivity index (χ3n) is 7.46. The number of halogens is 1. The Morgan fingerprint density at radius 3 is 2.38 bits per heavy atom. The molecular weight excluding hydrogens is 529 g/mol. The fourth-order valence-corrected chi connectivity index (χ4v) is 5.26. The Bertz CT molecular complexity index is 1480. The van der Waals surface area contributed by atoms with Crippen molar-refractivity contribution < 1.29 is 18.7 Å². The van der Waals surface area contributed by atoms with Gasteiger partial charge in [-0.05, 0) is 79.3 Å². The van der Waals surface area contributed by atoms with Gasteiger partial charge in [0.05, 0.1) is 18.4 Å². The smallest absolute Gasteiger partial charge is 0.331 e.